The van der Waals surface area contributed by atoms with Crippen LogP contribution in [0.3, 0.4) is 0 Å². The van der Waals surface area contributed by atoms with Gasteiger partial charge in [-0.15, -0.1) is 12.4 Å². The molecule has 0 aliphatic carbocycles. The maximum Gasteiger partial charge on any atom is 0.253 e. The van der Waals surface area contributed by atoms with E-state index in [0.29, 0.717) is 6.54 Å². The van der Waals surface area contributed by atoms with Gasteiger partial charge < -0.3 is 15.5 Å². The Morgan fingerprint density at radius 1 is 1.27 bits per heavy atom. The van der Waals surface area contributed by atoms with Crippen molar-refractivity contribution in [2.24, 2.45) is 5.92 Å². The van der Waals surface area contributed by atoms with E-state index in [2.05, 4.69) is 10.6 Å². The average molecular weight is 324 g/mol. The molecule has 2 N–H and O–H groups in total. The van der Waals surface area contributed by atoms with Crippen LogP contribution in [0.1, 0.15) is 34.3 Å². The van der Waals surface area contributed by atoms with Crippen LogP contribution in [0.5, 0.6) is 0 Å². The van der Waals surface area contributed by atoms with Gasteiger partial charge >= 0.3 is 0 Å². The molecule has 1 aromatic rings. The van der Waals surface area contributed by atoms with E-state index in [1.807, 2.05) is 23.1 Å². The Morgan fingerprint density at radius 3 is 2.82 bits per heavy atom. The number of halogens is 1. The lowest BCUT2D eigenvalue weighted by molar-refractivity contribution is -0.125. The maximum atomic E-state index is 12.6. The summed E-state index contributed by atoms with van der Waals surface area (Å²) in [7, 11) is 1.65. The summed E-state index contributed by atoms with van der Waals surface area (Å²) in [4.78, 5) is 26.2. The van der Waals surface area contributed by atoms with Crippen LogP contribution in [0.2, 0.25) is 0 Å². The predicted molar refractivity (Wildman–Crippen MR) is 86.9 cm³/mol. The number of hydrogen-bond donors (Lipinski definition) is 2. The molecule has 6 heteroatoms. The lowest BCUT2D eigenvalue weighted by Gasteiger charge is -2.32. The summed E-state index contributed by atoms with van der Waals surface area (Å²) in [6.45, 7) is 2.97. The molecule has 120 valence electrons. The third-order valence-corrected chi connectivity index (χ3v) is 4.41. The van der Waals surface area contributed by atoms with Crippen LogP contribution < -0.4 is 10.6 Å². The molecule has 2 amide bonds. The van der Waals surface area contributed by atoms with Gasteiger partial charge in [0.05, 0.1) is 5.92 Å². The van der Waals surface area contributed by atoms with Gasteiger partial charge in [0.1, 0.15) is 0 Å². The molecule has 2 aliphatic rings. The molecule has 1 aromatic carbocycles. The number of fused-ring (bicyclic) bond motifs is 1. The molecular formula is C16H22ClN3O2. The quantitative estimate of drug-likeness (QED) is 0.862. The summed E-state index contributed by atoms with van der Waals surface area (Å²) in [6.07, 6.45) is 1.74. The Hall–Kier alpha value is -1.59. The fourth-order valence-electron chi connectivity index (χ4n) is 3.19. The van der Waals surface area contributed by atoms with Crippen molar-refractivity contribution in [3.8, 4) is 0 Å². The zero-order chi connectivity index (χ0) is 14.8. The largest absolute Gasteiger partial charge is 0.359 e. The highest BCUT2D eigenvalue weighted by Gasteiger charge is 2.28. The number of likely N-dealkylation sites (tertiary alicyclic amines) is 1. The number of nitrogens with one attached hydrogen (secondary N) is 2. The molecule has 3 rings (SSSR count). The lowest BCUT2D eigenvalue weighted by atomic mass is 9.96. The van der Waals surface area contributed by atoms with E-state index in [1.165, 1.54) is 11.1 Å². The van der Waals surface area contributed by atoms with Crippen LogP contribution in [0.25, 0.3) is 0 Å². The van der Waals surface area contributed by atoms with Crippen molar-refractivity contribution in [3.05, 3.63) is 34.9 Å². The summed E-state index contributed by atoms with van der Waals surface area (Å²) in [5.41, 5.74) is 3.21. The maximum absolute atomic E-state index is 12.6. The third-order valence-electron chi connectivity index (χ3n) is 4.41. The van der Waals surface area contributed by atoms with Crippen LogP contribution in [-0.4, -0.2) is 36.9 Å². The first-order valence-electron chi connectivity index (χ1n) is 7.52. The SMILES string of the molecule is CNC(=O)C1CCCN(C(=O)c2ccc3c(c2)CNC3)C1.Cl. The van der Waals surface area contributed by atoms with Crippen molar-refractivity contribution >= 4 is 24.2 Å². The Labute approximate surface area is 136 Å². The van der Waals surface area contributed by atoms with E-state index in [0.717, 1.165) is 38.0 Å². The minimum atomic E-state index is -0.0798. The summed E-state index contributed by atoms with van der Waals surface area (Å²) in [5, 5.41) is 5.97. The molecule has 2 aliphatic heterocycles. The molecule has 1 atom stereocenters. The fourth-order valence-corrected chi connectivity index (χ4v) is 3.19. The molecule has 0 radical (unpaired) electrons. The minimum absolute atomic E-state index is 0. The molecule has 1 fully saturated rings. The fraction of sp³-hybridized carbons (Fsp3) is 0.500. The van der Waals surface area contributed by atoms with Crippen molar-refractivity contribution in [1.82, 2.24) is 15.5 Å². The van der Waals surface area contributed by atoms with Crippen LogP contribution in [0, 0.1) is 5.92 Å². The second-order valence-corrected chi connectivity index (χ2v) is 5.79. The van der Waals surface area contributed by atoms with Crippen molar-refractivity contribution in [2.75, 3.05) is 20.1 Å². The Balaban J connectivity index is 0.00000176. The Kier molecular flexibility index (Phi) is 5.42. The summed E-state index contributed by atoms with van der Waals surface area (Å²) >= 11 is 0. The molecule has 22 heavy (non-hydrogen) atoms. The normalized spacial score (nSPS) is 20.0. The van der Waals surface area contributed by atoms with Crippen molar-refractivity contribution in [3.63, 3.8) is 0 Å². The lowest BCUT2D eigenvalue weighted by Crippen LogP contribution is -2.44. The first-order valence-corrected chi connectivity index (χ1v) is 7.52. The summed E-state index contributed by atoms with van der Waals surface area (Å²) < 4.78 is 0. The van der Waals surface area contributed by atoms with Crippen LogP contribution in [-0.2, 0) is 17.9 Å². The van der Waals surface area contributed by atoms with Crippen LogP contribution in [0.15, 0.2) is 18.2 Å². The van der Waals surface area contributed by atoms with Gasteiger partial charge in [-0.2, -0.15) is 0 Å². The number of benzene rings is 1. The summed E-state index contributed by atoms with van der Waals surface area (Å²) in [6, 6.07) is 5.92. The van der Waals surface area contributed by atoms with E-state index >= 15 is 0 Å². The molecular weight excluding hydrogens is 302 g/mol. The van der Waals surface area contributed by atoms with E-state index in [9.17, 15) is 9.59 Å². The van der Waals surface area contributed by atoms with Crippen molar-refractivity contribution in [2.45, 2.75) is 25.9 Å². The molecule has 0 bridgehead atoms. The second-order valence-electron chi connectivity index (χ2n) is 5.79. The number of nitrogens with zero attached hydrogens (tertiary/aromatic N) is 1. The monoisotopic (exact) mass is 323 g/mol. The van der Waals surface area contributed by atoms with Crippen LogP contribution >= 0.6 is 12.4 Å². The predicted octanol–water partition coefficient (Wildman–Crippen LogP) is 1.31. The molecule has 1 unspecified atom stereocenters. The van der Waals surface area contributed by atoms with Gasteiger partial charge in [0.15, 0.2) is 0 Å². The van der Waals surface area contributed by atoms with Crippen molar-refractivity contribution in [1.29, 1.82) is 0 Å². The van der Waals surface area contributed by atoms with Gasteiger partial charge in [-0.1, -0.05) is 6.07 Å². The first kappa shape index (κ1) is 16.8. The second kappa shape index (κ2) is 7.11. The topological polar surface area (TPSA) is 61.4 Å². The highest BCUT2D eigenvalue weighted by Crippen LogP contribution is 2.21. The number of carbonyl (C=O) groups excluding carboxylic acids is 2. The van der Waals surface area contributed by atoms with E-state index < -0.39 is 0 Å². The molecule has 1 saturated heterocycles. The third kappa shape index (κ3) is 3.25. The molecule has 0 spiro atoms. The smallest absolute Gasteiger partial charge is 0.253 e. The molecule has 0 saturated carbocycles. The molecule has 5 nitrogen and oxygen atoms in total. The van der Waals surface area contributed by atoms with Crippen molar-refractivity contribution < 1.29 is 9.59 Å². The highest BCUT2D eigenvalue weighted by atomic mass is 35.5. The first-order chi connectivity index (χ1) is 10.2. The zero-order valence-corrected chi connectivity index (χ0v) is 13.5. The number of rotatable bonds is 2. The van der Waals surface area contributed by atoms with E-state index in [1.54, 1.807) is 7.05 Å². The zero-order valence-electron chi connectivity index (χ0n) is 12.7. The standard InChI is InChI=1S/C16H21N3O2.ClH/c1-17-15(20)13-3-2-6-19(10-13)16(21)11-4-5-12-8-18-9-14(12)7-11;/h4-5,7,13,18H,2-3,6,8-10H2,1H3,(H,17,20);1H. The van der Waals surface area contributed by atoms with E-state index in [-0.39, 0.29) is 30.1 Å². The number of piperidine rings is 1. The van der Waals surface area contributed by atoms with Gasteiger partial charge in [-0.3, -0.25) is 9.59 Å². The highest BCUT2D eigenvalue weighted by molar-refractivity contribution is 5.95. The molecule has 0 aromatic heterocycles. The summed E-state index contributed by atoms with van der Waals surface area (Å²) in [5.74, 6) is -0.00671. The van der Waals surface area contributed by atoms with Gasteiger partial charge in [-0.25, -0.2) is 0 Å². The Morgan fingerprint density at radius 2 is 2.05 bits per heavy atom. The van der Waals surface area contributed by atoms with Gasteiger partial charge in [-0.05, 0) is 36.1 Å². The number of carbonyl (C=O) groups is 2. The van der Waals surface area contributed by atoms with Gasteiger partial charge in [0.25, 0.3) is 5.91 Å². The van der Waals surface area contributed by atoms with E-state index in [4.69, 9.17) is 0 Å². The minimum Gasteiger partial charge on any atom is -0.359 e. The number of hydrogen-bond acceptors (Lipinski definition) is 3. The van der Waals surface area contributed by atoms with Crippen LogP contribution in [0.4, 0.5) is 0 Å². The number of amides is 2. The average Bonchev–Trinajstić information content (AvgIpc) is 3.01. The van der Waals surface area contributed by atoms with Gasteiger partial charge in [0, 0.05) is 38.8 Å². The Bertz CT molecular complexity index is 577. The molecule has 2 heterocycles. The van der Waals surface area contributed by atoms with Gasteiger partial charge in [0.2, 0.25) is 5.91 Å².